The molecule has 0 N–H and O–H groups in total. The third-order valence-electron chi connectivity index (χ3n) is 3.84. The monoisotopic (exact) mass is 389 g/mol. The Morgan fingerprint density at radius 3 is 2.68 bits per heavy atom. The second-order valence-corrected chi connectivity index (χ2v) is 7.22. The Hall–Kier alpha value is -0.420. The van der Waals surface area contributed by atoms with Crippen LogP contribution in [0.4, 0.5) is 5.69 Å². The molecule has 0 radical (unpaired) electrons. The molecule has 0 heterocycles. The van der Waals surface area contributed by atoms with Crippen molar-refractivity contribution in [1.82, 2.24) is 0 Å². The maximum absolute atomic E-state index is 11.0. The van der Waals surface area contributed by atoms with E-state index >= 15 is 0 Å². The zero-order valence-electron chi connectivity index (χ0n) is 10.6. The molecular weight excluding hydrogens is 374 g/mol. The number of alkyl halides is 1. The number of halogens is 2. The summed E-state index contributed by atoms with van der Waals surface area (Å²) < 4.78 is 0.758. The molecule has 1 aromatic carbocycles. The molecule has 1 atom stereocenters. The molecule has 19 heavy (non-hydrogen) atoms. The highest BCUT2D eigenvalue weighted by molar-refractivity contribution is 9.10. The van der Waals surface area contributed by atoms with Crippen LogP contribution in [0.2, 0.25) is 0 Å². The smallest absolute Gasteiger partial charge is 0.258 e. The predicted molar refractivity (Wildman–Crippen MR) is 83.8 cm³/mol. The Balaban J connectivity index is 2.00. The average Bonchev–Trinajstić information content (AvgIpc) is 2.90. The molecule has 2 rings (SSSR count). The van der Waals surface area contributed by atoms with Crippen molar-refractivity contribution in [2.24, 2.45) is 5.92 Å². The van der Waals surface area contributed by atoms with E-state index in [1.165, 1.54) is 25.7 Å². The van der Waals surface area contributed by atoms with Crippen molar-refractivity contribution in [1.29, 1.82) is 0 Å². The molecule has 3 nitrogen and oxygen atoms in total. The minimum Gasteiger partial charge on any atom is -0.258 e. The standard InChI is InChI=1S/C14H17Br2NO2/c15-12-7-5-11(14(9-12)17(18)19)6-8-13(16)10-3-1-2-4-10/h5,7,9-10,13H,1-4,6,8H2. The number of rotatable bonds is 5. The van der Waals surface area contributed by atoms with Gasteiger partial charge in [0.1, 0.15) is 0 Å². The van der Waals surface area contributed by atoms with Gasteiger partial charge in [-0.15, -0.1) is 0 Å². The Bertz CT molecular complexity index is 459. The molecule has 1 unspecified atom stereocenters. The van der Waals surface area contributed by atoms with Gasteiger partial charge in [0.2, 0.25) is 0 Å². The fraction of sp³-hybridized carbons (Fsp3) is 0.571. The minimum atomic E-state index is -0.293. The number of nitrogens with zero attached hydrogens (tertiary/aromatic N) is 1. The Morgan fingerprint density at radius 1 is 1.37 bits per heavy atom. The van der Waals surface area contributed by atoms with E-state index in [-0.39, 0.29) is 10.6 Å². The lowest BCUT2D eigenvalue weighted by atomic mass is 9.97. The molecule has 0 amide bonds. The van der Waals surface area contributed by atoms with Crippen LogP contribution < -0.4 is 0 Å². The van der Waals surface area contributed by atoms with Crippen LogP contribution >= 0.6 is 31.9 Å². The van der Waals surface area contributed by atoms with Crippen LogP contribution in [0.5, 0.6) is 0 Å². The van der Waals surface area contributed by atoms with E-state index in [1.54, 1.807) is 6.07 Å². The number of hydrogen-bond acceptors (Lipinski definition) is 2. The third kappa shape index (κ3) is 4.02. The van der Waals surface area contributed by atoms with E-state index in [0.29, 0.717) is 4.83 Å². The van der Waals surface area contributed by atoms with E-state index in [9.17, 15) is 10.1 Å². The average molecular weight is 391 g/mol. The number of hydrogen-bond donors (Lipinski definition) is 0. The van der Waals surface area contributed by atoms with Gasteiger partial charge in [-0.1, -0.05) is 50.8 Å². The summed E-state index contributed by atoms with van der Waals surface area (Å²) in [6.45, 7) is 0. The molecule has 1 fully saturated rings. The first-order valence-electron chi connectivity index (χ1n) is 6.65. The highest BCUT2D eigenvalue weighted by Gasteiger charge is 2.23. The van der Waals surface area contributed by atoms with Gasteiger partial charge in [-0.2, -0.15) is 0 Å². The molecule has 0 saturated heterocycles. The van der Waals surface area contributed by atoms with Gasteiger partial charge in [-0.3, -0.25) is 10.1 Å². The van der Waals surface area contributed by atoms with Gasteiger partial charge < -0.3 is 0 Å². The molecule has 0 bridgehead atoms. The fourth-order valence-corrected chi connectivity index (χ4v) is 3.87. The van der Waals surface area contributed by atoms with E-state index in [4.69, 9.17) is 0 Å². The molecule has 104 valence electrons. The molecule has 1 aliphatic carbocycles. The molecule has 0 aromatic heterocycles. The second-order valence-electron chi connectivity index (χ2n) is 5.13. The summed E-state index contributed by atoms with van der Waals surface area (Å²) in [7, 11) is 0. The van der Waals surface area contributed by atoms with Gasteiger partial charge in [-0.25, -0.2) is 0 Å². The van der Waals surface area contributed by atoms with Crippen molar-refractivity contribution in [2.45, 2.75) is 43.4 Å². The lowest BCUT2D eigenvalue weighted by molar-refractivity contribution is -0.385. The van der Waals surface area contributed by atoms with Gasteiger partial charge in [-0.05, 0) is 37.7 Å². The zero-order chi connectivity index (χ0) is 13.8. The fourth-order valence-electron chi connectivity index (χ4n) is 2.77. The highest BCUT2D eigenvalue weighted by Crippen LogP contribution is 2.34. The van der Waals surface area contributed by atoms with Crippen LogP contribution in [0, 0.1) is 16.0 Å². The summed E-state index contributed by atoms with van der Waals surface area (Å²) in [6.07, 6.45) is 6.95. The quantitative estimate of drug-likeness (QED) is 0.391. The van der Waals surface area contributed by atoms with Crippen LogP contribution in [0.15, 0.2) is 22.7 Å². The van der Waals surface area contributed by atoms with Crippen LogP contribution in [0.3, 0.4) is 0 Å². The van der Waals surface area contributed by atoms with Crippen LogP contribution in [-0.4, -0.2) is 9.75 Å². The minimum absolute atomic E-state index is 0.223. The van der Waals surface area contributed by atoms with Gasteiger partial charge in [0.25, 0.3) is 5.69 Å². The number of aryl methyl sites for hydroxylation is 1. The van der Waals surface area contributed by atoms with Gasteiger partial charge in [0, 0.05) is 20.9 Å². The SMILES string of the molecule is O=[N+]([O-])c1cc(Br)ccc1CCC(Br)C1CCCC1. The topological polar surface area (TPSA) is 43.1 Å². The molecule has 5 heteroatoms. The second kappa shape index (κ2) is 6.84. The molecular formula is C14H17Br2NO2. The van der Waals surface area contributed by atoms with Gasteiger partial charge in [0.05, 0.1) is 4.92 Å². The lowest BCUT2D eigenvalue weighted by Gasteiger charge is -2.16. The summed E-state index contributed by atoms with van der Waals surface area (Å²) in [5.41, 5.74) is 1.05. The normalized spacial score (nSPS) is 17.6. The summed E-state index contributed by atoms with van der Waals surface area (Å²) >= 11 is 7.04. The summed E-state index contributed by atoms with van der Waals surface area (Å²) in [5.74, 6) is 0.745. The third-order valence-corrected chi connectivity index (χ3v) is 5.54. The molecule has 0 aliphatic heterocycles. The molecule has 1 aromatic rings. The van der Waals surface area contributed by atoms with Crippen LogP contribution in [0.25, 0.3) is 0 Å². The van der Waals surface area contributed by atoms with E-state index in [0.717, 1.165) is 28.8 Å². The van der Waals surface area contributed by atoms with E-state index in [2.05, 4.69) is 31.9 Å². The Morgan fingerprint density at radius 2 is 2.05 bits per heavy atom. The summed E-state index contributed by atoms with van der Waals surface area (Å²) in [6, 6.07) is 5.33. The maximum atomic E-state index is 11.0. The predicted octanol–water partition coefficient (Wildman–Crippen LogP) is 5.24. The van der Waals surface area contributed by atoms with Crippen LogP contribution in [-0.2, 0) is 6.42 Å². The first kappa shape index (κ1) is 15.0. The van der Waals surface area contributed by atoms with Crippen molar-refractivity contribution in [3.63, 3.8) is 0 Å². The first-order chi connectivity index (χ1) is 9.08. The summed E-state index contributed by atoms with van der Waals surface area (Å²) in [4.78, 5) is 11.2. The van der Waals surface area contributed by atoms with Gasteiger partial charge >= 0.3 is 0 Å². The van der Waals surface area contributed by atoms with Gasteiger partial charge in [0.15, 0.2) is 0 Å². The van der Waals surface area contributed by atoms with Crippen molar-refractivity contribution >= 4 is 37.5 Å². The van der Waals surface area contributed by atoms with E-state index in [1.807, 2.05) is 12.1 Å². The van der Waals surface area contributed by atoms with Crippen molar-refractivity contribution in [2.75, 3.05) is 0 Å². The Labute approximate surface area is 130 Å². The number of nitro groups is 1. The summed E-state index contributed by atoms with van der Waals surface area (Å²) in [5, 5.41) is 11.0. The molecule has 0 spiro atoms. The molecule has 1 aliphatic rings. The number of nitro benzene ring substituents is 1. The van der Waals surface area contributed by atoms with Crippen molar-refractivity contribution in [3.05, 3.63) is 38.3 Å². The Kier molecular flexibility index (Phi) is 5.39. The van der Waals surface area contributed by atoms with Crippen molar-refractivity contribution in [3.8, 4) is 0 Å². The zero-order valence-corrected chi connectivity index (χ0v) is 13.8. The van der Waals surface area contributed by atoms with Crippen molar-refractivity contribution < 1.29 is 4.92 Å². The van der Waals surface area contributed by atoms with E-state index < -0.39 is 0 Å². The first-order valence-corrected chi connectivity index (χ1v) is 8.35. The lowest BCUT2D eigenvalue weighted by Crippen LogP contribution is -2.12. The largest absolute Gasteiger partial charge is 0.273 e. The highest BCUT2D eigenvalue weighted by atomic mass is 79.9. The number of benzene rings is 1. The maximum Gasteiger partial charge on any atom is 0.273 e. The molecule has 1 saturated carbocycles. The van der Waals surface area contributed by atoms with Crippen LogP contribution in [0.1, 0.15) is 37.7 Å².